The molecular formula is C26H23FN6O4S. The van der Waals surface area contributed by atoms with Gasteiger partial charge in [0.1, 0.15) is 11.6 Å². The molecule has 0 aliphatic rings. The standard InChI is InChI=1S/C26H23FN6O4S/c1-36-21-10-23-19(16-33(24(23)28-15-21)38(34,35)22-6-4-3-5-7-22)8-17-11-30-26(31-12-17)32-13-18-9-20(27)14-29-25(18)37-2/h3-7,9-12,14-16H,8,13H2,1-2H3,(H,30,31,32). The summed E-state index contributed by atoms with van der Waals surface area (Å²) in [6, 6.07) is 11.3. The maximum Gasteiger partial charge on any atom is 0.269 e. The number of hydrogen-bond donors (Lipinski definition) is 1. The summed E-state index contributed by atoms with van der Waals surface area (Å²) >= 11 is 0. The minimum Gasteiger partial charge on any atom is -0.495 e. The van der Waals surface area contributed by atoms with Gasteiger partial charge in [-0.2, -0.15) is 0 Å². The molecule has 0 bridgehead atoms. The number of nitrogens with one attached hydrogen (secondary N) is 1. The lowest BCUT2D eigenvalue weighted by molar-refractivity contribution is 0.391. The van der Waals surface area contributed by atoms with Crippen molar-refractivity contribution in [2.75, 3.05) is 19.5 Å². The Labute approximate surface area is 218 Å². The Morgan fingerprint density at radius 3 is 2.39 bits per heavy atom. The Morgan fingerprint density at radius 1 is 0.921 bits per heavy atom. The first-order chi connectivity index (χ1) is 18.4. The predicted octanol–water partition coefficient (Wildman–Crippen LogP) is 3.82. The molecule has 0 atom stereocenters. The summed E-state index contributed by atoms with van der Waals surface area (Å²) < 4.78 is 52.0. The second-order valence-electron chi connectivity index (χ2n) is 8.28. The van der Waals surface area contributed by atoms with Crippen LogP contribution in [-0.4, -0.2) is 46.5 Å². The van der Waals surface area contributed by atoms with E-state index in [0.717, 1.165) is 11.8 Å². The van der Waals surface area contributed by atoms with Crippen LogP contribution in [0.25, 0.3) is 11.0 Å². The van der Waals surface area contributed by atoms with Crippen molar-refractivity contribution in [2.24, 2.45) is 0 Å². The molecule has 0 saturated carbocycles. The molecule has 1 aromatic carbocycles. The topological polar surface area (TPSA) is 121 Å². The highest BCUT2D eigenvalue weighted by Gasteiger charge is 2.22. The average Bonchev–Trinajstić information content (AvgIpc) is 3.31. The number of aromatic nitrogens is 5. The first-order valence-electron chi connectivity index (χ1n) is 11.5. The van der Waals surface area contributed by atoms with Crippen LogP contribution in [0.2, 0.25) is 0 Å². The summed E-state index contributed by atoms with van der Waals surface area (Å²) in [5.41, 5.74) is 2.28. The summed E-state index contributed by atoms with van der Waals surface area (Å²) in [5.74, 6) is 0.670. The summed E-state index contributed by atoms with van der Waals surface area (Å²) in [7, 11) is -0.892. The van der Waals surface area contributed by atoms with Gasteiger partial charge in [-0.15, -0.1) is 0 Å². The van der Waals surface area contributed by atoms with E-state index < -0.39 is 15.8 Å². The van der Waals surface area contributed by atoms with Crippen LogP contribution in [0.5, 0.6) is 11.6 Å². The number of anilines is 1. The fourth-order valence-electron chi connectivity index (χ4n) is 3.97. The maximum absolute atomic E-state index is 13.6. The molecule has 12 heteroatoms. The van der Waals surface area contributed by atoms with Gasteiger partial charge in [0.25, 0.3) is 10.0 Å². The summed E-state index contributed by atoms with van der Waals surface area (Å²) in [4.78, 5) is 17.1. The van der Waals surface area contributed by atoms with Gasteiger partial charge < -0.3 is 14.8 Å². The third-order valence-electron chi connectivity index (χ3n) is 5.83. The number of nitrogens with zero attached hydrogens (tertiary/aromatic N) is 5. The van der Waals surface area contributed by atoms with Crippen LogP contribution in [0.1, 0.15) is 16.7 Å². The fraction of sp³-hybridized carbons (Fsp3) is 0.154. The van der Waals surface area contributed by atoms with Crippen molar-refractivity contribution in [3.05, 3.63) is 96.0 Å². The van der Waals surface area contributed by atoms with Gasteiger partial charge in [-0.3, -0.25) is 0 Å². The molecule has 0 amide bonds. The van der Waals surface area contributed by atoms with Crippen molar-refractivity contribution in [3.63, 3.8) is 0 Å². The zero-order valence-electron chi connectivity index (χ0n) is 20.5. The molecule has 0 radical (unpaired) electrons. The molecule has 10 nitrogen and oxygen atoms in total. The van der Waals surface area contributed by atoms with Gasteiger partial charge >= 0.3 is 0 Å². The highest BCUT2D eigenvalue weighted by molar-refractivity contribution is 7.90. The Balaban J connectivity index is 1.42. The largest absolute Gasteiger partial charge is 0.495 e. The van der Waals surface area contributed by atoms with Crippen LogP contribution < -0.4 is 14.8 Å². The van der Waals surface area contributed by atoms with E-state index in [0.29, 0.717) is 46.2 Å². The van der Waals surface area contributed by atoms with Crippen molar-refractivity contribution in [1.29, 1.82) is 0 Å². The zero-order chi connectivity index (χ0) is 26.7. The minimum atomic E-state index is -3.88. The summed E-state index contributed by atoms with van der Waals surface area (Å²) in [6.45, 7) is 0.212. The Kier molecular flexibility index (Phi) is 6.88. The van der Waals surface area contributed by atoms with Crippen molar-refractivity contribution in [1.82, 2.24) is 23.9 Å². The number of hydrogen-bond acceptors (Lipinski definition) is 9. The number of ether oxygens (including phenoxy) is 2. The summed E-state index contributed by atoms with van der Waals surface area (Å²) in [6.07, 6.45) is 7.76. The second-order valence-corrected chi connectivity index (χ2v) is 10.1. The van der Waals surface area contributed by atoms with E-state index >= 15 is 0 Å². The molecule has 0 aliphatic heterocycles. The molecule has 38 heavy (non-hydrogen) atoms. The molecule has 0 spiro atoms. The highest BCUT2D eigenvalue weighted by Crippen LogP contribution is 2.29. The quantitative estimate of drug-likeness (QED) is 0.301. The molecule has 0 fully saturated rings. The third kappa shape index (κ3) is 4.98. The predicted molar refractivity (Wildman–Crippen MR) is 138 cm³/mol. The highest BCUT2D eigenvalue weighted by atomic mass is 32.2. The van der Waals surface area contributed by atoms with Crippen molar-refractivity contribution in [3.8, 4) is 11.6 Å². The number of pyridine rings is 2. The van der Waals surface area contributed by atoms with Crippen LogP contribution in [0.15, 0.2) is 78.3 Å². The molecule has 5 aromatic rings. The molecule has 0 saturated heterocycles. The third-order valence-corrected chi connectivity index (χ3v) is 7.49. The van der Waals surface area contributed by atoms with E-state index in [1.807, 2.05) is 0 Å². The number of rotatable bonds is 9. The van der Waals surface area contributed by atoms with Crippen molar-refractivity contribution < 1.29 is 22.3 Å². The van der Waals surface area contributed by atoms with E-state index in [2.05, 4.69) is 25.3 Å². The second kappa shape index (κ2) is 10.4. The lowest BCUT2D eigenvalue weighted by Crippen LogP contribution is -2.12. The molecule has 0 unspecified atom stereocenters. The van der Waals surface area contributed by atoms with Crippen molar-refractivity contribution >= 4 is 27.0 Å². The average molecular weight is 535 g/mol. The lowest BCUT2D eigenvalue weighted by atomic mass is 10.1. The zero-order valence-corrected chi connectivity index (χ0v) is 21.3. The normalized spacial score (nSPS) is 11.4. The van der Waals surface area contributed by atoms with Crippen LogP contribution in [0.3, 0.4) is 0 Å². The monoisotopic (exact) mass is 534 g/mol. The van der Waals surface area contributed by atoms with Gasteiger partial charge in [-0.25, -0.2) is 36.7 Å². The molecule has 194 valence electrons. The Morgan fingerprint density at radius 2 is 1.68 bits per heavy atom. The Bertz CT molecular complexity index is 1690. The van der Waals surface area contributed by atoms with E-state index in [1.165, 1.54) is 30.5 Å². The van der Waals surface area contributed by atoms with Crippen LogP contribution >= 0.6 is 0 Å². The molecule has 5 rings (SSSR count). The molecular weight excluding hydrogens is 511 g/mol. The molecule has 0 aliphatic carbocycles. The lowest BCUT2D eigenvalue weighted by Gasteiger charge is -2.09. The van der Waals surface area contributed by atoms with Gasteiger partial charge in [0, 0.05) is 42.5 Å². The molecule has 4 aromatic heterocycles. The fourth-order valence-corrected chi connectivity index (χ4v) is 5.34. The van der Waals surface area contributed by atoms with E-state index in [4.69, 9.17) is 9.47 Å². The van der Waals surface area contributed by atoms with Crippen LogP contribution in [0, 0.1) is 5.82 Å². The first kappa shape index (κ1) is 25.1. The van der Waals surface area contributed by atoms with Crippen LogP contribution in [-0.2, 0) is 23.0 Å². The number of fused-ring (bicyclic) bond motifs is 1. The smallest absolute Gasteiger partial charge is 0.269 e. The van der Waals surface area contributed by atoms with Gasteiger partial charge in [0.15, 0.2) is 5.65 Å². The number of benzene rings is 1. The summed E-state index contributed by atoms with van der Waals surface area (Å²) in [5, 5.41) is 3.66. The van der Waals surface area contributed by atoms with Gasteiger partial charge in [0.2, 0.25) is 11.8 Å². The SMILES string of the molecule is COc1cnc2c(c1)c(Cc1cnc(NCc3cc(F)cnc3OC)nc1)cn2S(=O)(=O)c1ccccc1. The van der Waals surface area contributed by atoms with Crippen molar-refractivity contribution in [2.45, 2.75) is 17.9 Å². The molecule has 4 heterocycles. The first-order valence-corrected chi connectivity index (χ1v) is 12.9. The van der Waals surface area contributed by atoms with Gasteiger partial charge in [-0.1, -0.05) is 18.2 Å². The van der Waals surface area contributed by atoms with E-state index in [9.17, 15) is 12.8 Å². The maximum atomic E-state index is 13.6. The van der Waals surface area contributed by atoms with Crippen LogP contribution in [0.4, 0.5) is 10.3 Å². The number of methoxy groups -OCH3 is 2. The van der Waals surface area contributed by atoms with Gasteiger partial charge in [0.05, 0.1) is 31.5 Å². The minimum absolute atomic E-state index is 0.157. The number of halogens is 1. The van der Waals surface area contributed by atoms with Gasteiger partial charge in [-0.05, 0) is 35.4 Å². The van der Waals surface area contributed by atoms with E-state index in [-0.39, 0.29) is 11.4 Å². The molecule has 1 N–H and O–H groups in total. The Hall–Kier alpha value is -4.58. The van der Waals surface area contributed by atoms with E-state index in [1.54, 1.807) is 55.0 Å².